The Labute approximate surface area is 328 Å². The van der Waals surface area contributed by atoms with E-state index in [-0.39, 0.29) is 0 Å². The molecule has 0 N–H and O–H groups in total. The Morgan fingerprint density at radius 1 is 0.333 bits per heavy atom. The number of nitrogens with zero attached hydrogens (tertiary/aromatic N) is 1. The number of hydrogen-bond acceptors (Lipinski definition) is 1. The van der Waals surface area contributed by atoms with Gasteiger partial charge in [-0.05, 0) is 69.8 Å². The van der Waals surface area contributed by atoms with E-state index in [0.29, 0.717) is 0 Å². The quantitative estimate of drug-likeness (QED) is 0.0889. The molecule has 0 aliphatic rings. The van der Waals surface area contributed by atoms with Crippen LogP contribution in [0.25, 0.3) is 36.5 Å². The first-order valence-corrected chi connectivity index (χ1v) is 28.6. The van der Waals surface area contributed by atoms with E-state index in [1.165, 1.54) is 48.9 Å². The number of anilines is 3. The van der Waals surface area contributed by atoms with Crippen LogP contribution < -0.4 is 20.5 Å². The molecule has 0 aliphatic carbocycles. The predicted molar refractivity (Wildman–Crippen MR) is 250 cm³/mol. The molecule has 0 amide bonds. The van der Waals surface area contributed by atoms with Crippen molar-refractivity contribution in [3.05, 3.63) is 179 Å². The molecule has 0 saturated carbocycles. The van der Waals surface area contributed by atoms with Gasteiger partial charge in [-0.15, -0.1) is 0 Å². The number of rotatable bonds is 12. The third-order valence-electron chi connectivity index (χ3n) is 9.90. The second-order valence-electron chi connectivity index (χ2n) is 16.5. The summed E-state index contributed by atoms with van der Waals surface area (Å²) in [5.74, 6) is 0. The van der Waals surface area contributed by atoms with Crippen LogP contribution in [0.3, 0.4) is 0 Å². The number of hydrogen-bond donors (Lipinski definition) is 0. The summed E-state index contributed by atoms with van der Waals surface area (Å²) in [6, 6.07) is 53.8. The fourth-order valence-electron chi connectivity index (χ4n) is 6.34. The molecule has 6 aromatic carbocycles. The van der Waals surface area contributed by atoms with Gasteiger partial charge in [-0.1, -0.05) is 214 Å². The van der Waals surface area contributed by atoms with E-state index in [4.69, 9.17) is 0 Å². The molecule has 271 valence electrons. The summed E-state index contributed by atoms with van der Waals surface area (Å²) in [7, 11) is -3.04. The largest absolute Gasteiger partial charge is 0.311 e. The lowest BCUT2D eigenvalue weighted by molar-refractivity contribution is 1.28. The maximum absolute atomic E-state index is 2.39. The molecule has 0 bridgehead atoms. The Kier molecular flexibility index (Phi) is 12.2. The molecule has 54 heavy (non-hydrogen) atoms. The van der Waals surface area contributed by atoms with Crippen molar-refractivity contribution in [2.24, 2.45) is 0 Å². The average Bonchev–Trinajstić information content (AvgIpc) is 3.17. The molecule has 0 unspecified atom stereocenters. The van der Waals surface area contributed by atoms with Crippen LogP contribution in [-0.4, -0.2) is 24.9 Å². The van der Waals surface area contributed by atoms with Crippen molar-refractivity contribution in [1.82, 2.24) is 0 Å². The van der Waals surface area contributed by atoms with Gasteiger partial charge in [-0.3, -0.25) is 0 Å². The van der Waals surface area contributed by atoms with Crippen molar-refractivity contribution in [1.29, 1.82) is 0 Å². The highest BCUT2D eigenvalue weighted by Crippen LogP contribution is 2.35. The summed E-state index contributed by atoms with van der Waals surface area (Å²) >= 11 is 0. The smallest absolute Gasteiger partial charge is 0.0791 e. The molecule has 0 aliphatic heterocycles. The van der Waals surface area contributed by atoms with Crippen molar-refractivity contribution >= 4 is 94.0 Å². The van der Waals surface area contributed by atoms with Crippen LogP contribution in [0.15, 0.2) is 146 Å². The molecule has 1 nitrogen and oxygen atoms in total. The molecule has 6 rings (SSSR count). The highest BCUT2D eigenvalue weighted by molar-refractivity contribution is 6.89. The zero-order chi connectivity index (χ0) is 38.3. The van der Waals surface area contributed by atoms with Crippen molar-refractivity contribution < 1.29 is 0 Å². The zero-order valence-corrected chi connectivity index (χ0v) is 36.3. The highest BCUT2D eigenvalue weighted by Gasteiger charge is 2.16. The summed E-state index contributed by atoms with van der Waals surface area (Å²) in [5.41, 5.74) is 10.6. The van der Waals surface area contributed by atoms with Crippen LogP contribution in [0.4, 0.5) is 17.1 Å². The standard InChI is InChI=1S/C50H54NSi3/c1-52(2)48-33-21-42(22-34-48)12-9-39-15-27-45(28-16-39)51(46-29-17-40(18-30-46)10-13-43-23-35-49(36-24-43)53(3,4)5)47-31-19-41(20-32-47)11-14-44-25-37-50(38-26-44)54(6,7)8/h9-38H,1-8H3/b12-9+,13-10+,14-11+. The van der Waals surface area contributed by atoms with Crippen molar-refractivity contribution in [3.8, 4) is 0 Å². The first-order valence-electron chi connectivity index (χ1n) is 19.1. The van der Waals surface area contributed by atoms with Gasteiger partial charge in [0.05, 0.1) is 24.9 Å². The van der Waals surface area contributed by atoms with Gasteiger partial charge in [0.2, 0.25) is 0 Å². The second kappa shape index (κ2) is 17.0. The normalized spacial score (nSPS) is 12.4. The van der Waals surface area contributed by atoms with E-state index in [1.54, 1.807) is 0 Å². The van der Waals surface area contributed by atoms with Crippen LogP contribution in [0.2, 0.25) is 52.4 Å². The van der Waals surface area contributed by atoms with Crippen molar-refractivity contribution in [3.63, 3.8) is 0 Å². The summed E-state index contributed by atoms with van der Waals surface area (Å²) in [6.07, 6.45) is 13.2. The zero-order valence-electron chi connectivity index (χ0n) is 33.3. The van der Waals surface area contributed by atoms with Gasteiger partial charge in [0.15, 0.2) is 0 Å². The highest BCUT2D eigenvalue weighted by atomic mass is 28.3. The van der Waals surface area contributed by atoms with E-state index >= 15 is 0 Å². The van der Waals surface area contributed by atoms with Gasteiger partial charge >= 0.3 is 0 Å². The maximum Gasteiger partial charge on any atom is 0.0791 e. The molecule has 0 heterocycles. The van der Waals surface area contributed by atoms with Crippen molar-refractivity contribution in [2.75, 3.05) is 4.90 Å². The van der Waals surface area contributed by atoms with Gasteiger partial charge in [-0.25, -0.2) is 0 Å². The molecular formula is C50H54NSi3. The minimum absolute atomic E-state index is 0.431. The summed E-state index contributed by atoms with van der Waals surface area (Å²) in [6.45, 7) is 19.0. The van der Waals surface area contributed by atoms with Gasteiger partial charge in [-0.2, -0.15) is 0 Å². The SMILES string of the molecule is C[Si](C)c1ccc(/C=C/c2ccc(N(c3ccc(/C=C/c4ccc([Si](C)(C)C)cc4)cc3)c3ccc(/C=C/c4ccc([Si](C)(C)C)cc4)cc3)cc2)cc1. The minimum atomic E-state index is -1.31. The third-order valence-corrected chi connectivity index (χ3v) is 15.5. The topological polar surface area (TPSA) is 3.24 Å². The van der Waals surface area contributed by atoms with E-state index in [2.05, 4.69) is 239 Å². The Balaban J connectivity index is 1.24. The number of benzene rings is 6. The summed E-state index contributed by atoms with van der Waals surface area (Å²) in [4.78, 5) is 2.34. The Hall–Kier alpha value is -5.01. The molecule has 0 aromatic heterocycles. The Morgan fingerprint density at radius 2 is 0.556 bits per heavy atom. The first kappa shape index (κ1) is 38.7. The molecule has 0 atom stereocenters. The predicted octanol–water partition coefficient (Wildman–Crippen LogP) is 12.7. The van der Waals surface area contributed by atoms with Crippen molar-refractivity contribution in [2.45, 2.75) is 52.4 Å². The molecule has 0 fully saturated rings. The Bertz CT molecular complexity index is 2080. The van der Waals surface area contributed by atoms with Crippen LogP contribution >= 0.6 is 0 Å². The van der Waals surface area contributed by atoms with Crippen LogP contribution in [0.1, 0.15) is 33.4 Å². The Morgan fingerprint density at radius 3 is 0.778 bits per heavy atom. The van der Waals surface area contributed by atoms with Gasteiger partial charge in [0, 0.05) is 17.1 Å². The average molecular weight is 753 g/mol. The second-order valence-corrected chi connectivity index (χ2v) is 29.2. The van der Waals surface area contributed by atoms with E-state index in [0.717, 1.165) is 17.1 Å². The van der Waals surface area contributed by atoms with Crippen LogP contribution in [0, 0.1) is 0 Å². The molecule has 1 radical (unpaired) electrons. The maximum atomic E-state index is 2.39. The first-order chi connectivity index (χ1) is 25.8. The monoisotopic (exact) mass is 752 g/mol. The fraction of sp³-hybridized carbons (Fsp3) is 0.160. The van der Waals surface area contributed by atoms with Gasteiger partial charge in [0.1, 0.15) is 0 Å². The lowest BCUT2D eigenvalue weighted by atomic mass is 10.1. The lowest BCUT2D eigenvalue weighted by Gasteiger charge is -2.26. The third kappa shape index (κ3) is 10.4. The lowest BCUT2D eigenvalue weighted by Crippen LogP contribution is -2.37. The molecule has 0 spiro atoms. The van der Waals surface area contributed by atoms with Gasteiger partial charge < -0.3 is 4.90 Å². The van der Waals surface area contributed by atoms with E-state index < -0.39 is 24.9 Å². The minimum Gasteiger partial charge on any atom is -0.311 e. The molecule has 6 aromatic rings. The van der Waals surface area contributed by atoms with E-state index in [1.807, 2.05) is 0 Å². The van der Waals surface area contributed by atoms with Crippen LogP contribution in [0.5, 0.6) is 0 Å². The molecule has 4 heteroatoms. The summed E-state index contributed by atoms with van der Waals surface area (Å²) in [5, 5.41) is 4.44. The van der Waals surface area contributed by atoms with Gasteiger partial charge in [0.25, 0.3) is 0 Å². The molecular weight excluding hydrogens is 699 g/mol. The molecule has 0 saturated heterocycles. The van der Waals surface area contributed by atoms with Crippen LogP contribution in [-0.2, 0) is 0 Å². The fourth-order valence-corrected chi connectivity index (χ4v) is 9.51. The van der Waals surface area contributed by atoms with E-state index in [9.17, 15) is 0 Å². The summed E-state index contributed by atoms with van der Waals surface area (Å²) < 4.78 is 0.